The van der Waals surface area contributed by atoms with Gasteiger partial charge >= 0.3 is 5.97 Å². The third-order valence-electron chi connectivity index (χ3n) is 5.79. The number of carboxylic acid groups (broad SMARTS) is 1. The molecule has 0 aliphatic carbocycles. The first-order chi connectivity index (χ1) is 15.3. The molecule has 0 spiro atoms. The van der Waals surface area contributed by atoms with Crippen LogP contribution in [0, 0.1) is 5.82 Å². The largest absolute Gasteiger partial charge is 0.480 e. The highest BCUT2D eigenvalue weighted by atomic mass is 79.9. The lowest BCUT2D eigenvalue weighted by atomic mass is 10.0. The lowest BCUT2D eigenvalue weighted by Crippen LogP contribution is -2.49. The molecule has 1 aliphatic heterocycles. The molecule has 1 unspecified atom stereocenters. The number of carbonyl (C=O) groups excluding carboxylic acids is 1. The molecule has 6 nitrogen and oxygen atoms in total. The number of carbonyl (C=O) groups is 2. The first-order valence-electron chi connectivity index (χ1n) is 10.4. The summed E-state index contributed by atoms with van der Waals surface area (Å²) in [5.41, 5.74) is 2.27. The number of fused-ring (bicyclic) bond motifs is 1. The van der Waals surface area contributed by atoms with Crippen LogP contribution in [-0.2, 0) is 24.3 Å². The van der Waals surface area contributed by atoms with Gasteiger partial charge < -0.3 is 9.67 Å². The molecule has 1 N–H and O–H groups in total. The Morgan fingerprint density at radius 2 is 1.94 bits per heavy atom. The Kier molecular flexibility index (Phi) is 6.26. The van der Waals surface area contributed by atoms with Crippen LogP contribution in [0.1, 0.15) is 47.0 Å². The number of aromatic nitrogens is 2. The van der Waals surface area contributed by atoms with E-state index in [1.54, 1.807) is 6.07 Å². The van der Waals surface area contributed by atoms with Crippen molar-refractivity contribution in [1.82, 2.24) is 14.5 Å². The minimum absolute atomic E-state index is 0.00704. The van der Waals surface area contributed by atoms with Crippen molar-refractivity contribution in [3.05, 3.63) is 87.2 Å². The van der Waals surface area contributed by atoms with Gasteiger partial charge in [-0.15, -0.1) is 0 Å². The average molecular weight is 500 g/mol. The fourth-order valence-corrected chi connectivity index (χ4v) is 4.47. The Morgan fingerprint density at radius 1 is 1.22 bits per heavy atom. The zero-order valence-corrected chi connectivity index (χ0v) is 19.3. The molecular weight excluding hydrogens is 477 g/mol. The Morgan fingerprint density at radius 3 is 2.56 bits per heavy atom. The number of hydrogen-bond donors (Lipinski definition) is 1. The molecule has 32 heavy (non-hydrogen) atoms. The SMILES string of the molecule is CC(C)N1Cc2c(nc(C(=O)c3ccc(Br)cc3F)n2Cc2ccccc2)CC1C(=O)O. The molecule has 166 valence electrons. The molecule has 4 rings (SSSR count). The van der Waals surface area contributed by atoms with Crippen LogP contribution in [0.2, 0.25) is 0 Å². The highest BCUT2D eigenvalue weighted by molar-refractivity contribution is 9.10. The third kappa shape index (κ3) is 4.25. The predicted octanol–water partition coefficient (Wildman–Crippen LogP) is 4.28. The summed E-state index contributed by atoms with van der Waals surface area (Å²) < 4.78 is 16.9. The molecule has 0 radical (unpaired) electrons. The highest BCUT2D eigenvalue weighted by Gasteiger charge is 2.37. The number of aliphatic carboxylic acids is 1. The first-order valence-corrected chi connectivity index (χ1v) is 11.2. The maximum absolute atomic E-state index is 14.6. The summed E-state index contributed by atoms with van der Waals surface area (Å²) in [6.07, 6.45) is 0.188. The van der Waals surface area contributed by atoms with E-state index in [0.29, 0.717) is 23.3 Å². The number of benzene rings is 2. The summed E-state index contributed by atoms with van der Waals surface area (Å²) in [7, 11) is 0. The Bertz CT molecular complexity index is 1180. The summed E-state index contributed by atoms with van der Waals surface area (Å²) in [5.74, 6) is -1.96. The minimum atomic E-state index is -0.922. The van der Waals surface area contributed by atoms with Gasteiger partial charge in [-0.2, -0.15) is 0 Å². The van der Waals surface area contributed by atoms with Crippen LogP contribution in [0.15, 0.2) is 53.0 Å². The van der Waals surface area contributed by atoms with Gasteiger partial charge in [0, 0.05) is 30.0 Å². The lowest BCUT2D eigenvalue weighted by molar-refractivity contribution is -0.144. The molecule has 0 saturated carbocycles. The third-order valence-corrected chi connectivity index (χ3v) is 6.28. The second-order valence-electron chi connectivity index (χ2n) is 8.18. The van der Waals surface area contributed by atoms with Crippen LogP contribution in [0.3, 0.4) is 0 Å². The predicted molar refractivity (Wildman–Crippen MR) is 121 cm³/mol. The van der Waals surface area contributed by atoms with Gasteiger partial charge in [-0.1, -0.05) is 46.3 Å². The van der Waals surface area contributed by atoms with Crippen molar-refractivity contribution in [3.8, 4) is 0 Å². The van der Waals surface area contributed by atoms with Gasteiger partial charge in [0.15, 0.2) is 5.82 Å². The van der Waals surface area contributed by atoms with E-state index in [0.717, 1.165) is 11.3 Å². The van der Waals surface area contributed by atoms with E-state index in [-0.39, 0.29) is 23.9 Å². The van der Waals surface area contributed by atoms with Gasteiger partial charge in [0.2, 0.25) is 5.78 Å². The standard InChI is InChI=1S/C24H23BrFN3O3/c1-14(2)28-13-21-19(11-20(28)24(31)32)27-23(29(21)12-15-6-4-3-5-7-15)22(30)17-9-8-16(25)10-18(17)26/h3-10,14,20H,11-13H2,1-2H3,(H,31,32). The maximum atomic E-state index is 14.6. The Labute approximate surface area is 193 Å². The molecule has 8 heteroatoms. The molecule has 0 amide bonds. The van der Waals surface area contributed by atoms with Crippen LogP contribution >= 0.6 is 15.9 Å². The number of halogens is 2. The highest BCUT2D eigenvalue weighted by Crippen LogP contribution is 2.29. The molecule has 0 bridgehead atoms. The monoisotopic (exact) mass is 499 g/mol. The minimum Gasteiger partial charge on any atom is -0.480 e. The van der Waals surface area contributed by atoms with Crippen LogP contribution in [0.4, 0.5) is 4.39 Å². The van der Waals surface area contributed by atoms with Gasteiger partial charge in [0.05, 0.1) is 17.0 Å². The van der Waals surface area contributed by atoms with Gasteiger partial charge in [-0.25, -0.2) is 9.37 Å². The molecule has 2 heterocycles. The van der Waals surface area contributed by atoms with E-state index in [1.165, 1.54) is 12.1 Å². The summed E-state index contributed by atoms with van der Waals surface area (Å²) >= 11 is 3.21. The molecule has 0 saturated heterocycles. The van der Waals surface area contributed by atoms with Gasteiger partial charge in [-0.05, 0) is 37.6 Å². The van der Waals surface area contributed by atoms with E-state index in [4.69, 9.17) is 0 Å². The van der Waals surface area contributed by atoms with Crippen LogP contribution < -0.4 is 0 Å². The average Bonchev–Trinajstić information content (AvgIpc) is 3.10. The first kappa shape index (κ1) is 22.4. The smallest absolute Gasteiger partial charge is 0.321 e. The van der Waals surface area contributed by atoms with Crippen molar-refractivity contribution in [2.75, 3.05) is 0 Å². The molecule has 2 aromatic carbocycles. The molecule has 3 aromatic rings. The summed E-state index contributed by atoms with van der Waals surface area (Å²) in [5, 5.41) is 9.75. The topological polar surface area (TPSA) is 75.4 Å². The summed E-state index contributed by atoms with van der Waals surface area (Å²) in [4.78, 5) is 31.7. The number of imidazole rings is 1. The van der Waals surface area contributed by atoms with E-state index < -0.39 is 23.6 Å². The fraction of sp³-hybridized carbons (Fsp3) is 0.292. The number of rotatable bonds is 6. The van der Waals surface area contributed by atoms with E-state index in [2.05, 4.69) is 20.9 Å². The number of nitrogens with zero attached hydrogens (tertiary/aromatic N) is 3. The van der Waals surface area contributed by atoms with Crippen LogP contribution in [-0.4, -0.2) is 43.4 Å². The molecular formula is C24H23BrFN3O3. The number of carboxylic acids is 1. The lowest BCUT2D eigenvalue weighted by Gasteiger charge is -2.36. The van der Waals surface area contributed by atoms with Crippen molar-refractivity contribution in [1.29, 1.82) is 0 Å². The molecule has 1 atom stereocenters. The molecule has 0 fully saturated rings. The van der Waals surface area contributed by atoms with Gasteiger partial charge in [0.1, 0.15) is 11.9 Å². The Balaban J connectivity index is 1.84. The normalized spacial score (nSPS) is 16.2. The molecule has 1 aliphatic rings. The van der Waals surface area contributed by atoms with Crippen molar-refractivity contribution in [2.45, 2.75) is 45.4 Å². The number of hydrogen-bond acceptors (Lipinski definition) is 4. The van der Waals surface area contributed by atoms with Crippen molar-refractivity contribution < 1.29 is 19.1 Å². The summed E-state index contributed by atoms with van der Waals surface area (Å²) in [6.45, 7) is 4.62. The maximum Gasteiger partial charge on any atom is 0.321 e. The van der Waals surface area contributed by atoms with Crippen molar-refractivity contribution in [3.63, 3.8) is 0 Å². The summed E-state index contributed by atoms with van der Waals surface area (Å²) in [6, 6.07) is 13.2. The quantitative estimate of drug-likeness (QED) is 0.512. The zero-order chi connectivity index (χ0) is 23.0. The second-order valence-corrected chi connectivity index (χ2v) is 9.09. The van der Waals surface area contributed by atoms with Crippen molar-refractivity contribution >= 4 is 27.7 Å². The van der Waals surface area contributed by atoms with E-state index >= 15 is 0 Å². The fourth-order valence-electron chi connectivity index (χ4n) is 4.14. The molecule has 1 aromatic heterocycles. The van der Waals surface area contributed by atoms with Crippen LogP contribution in [0.5, 0.6) is 0 Å². The van der Waals surface area contributed by atoms with Gasteiger partial charge in [-0.3, -0.25) is 14.5 Å². The second kappa shape index (κ2) is 8.96. The zero-order valence-electron chi connectivity index (χ0n) is 17.8. The van der Waals surface area contributed by atoms with Crippen LogP contribution in [0.25, 0.3) is 0 Å². The van der Waals surface area contributed by atoms with Gasteiger partial charge in [0.25, 0.3) is 0 Å². The van der Waals surface area contributed by atoms with E-state index in [9.17, 15) is 19.1 Å². The van der Waals surface area contributed by atoms with Crippen molar-refractivity contribution in [2.24, 2.45) is 0 Å². The Hall–Kier alpha value is -2.84. The number of ketones is 1. The van der Waals surface area contributed by atoms with E-state index in [1.807, 2.05) is 53.6 Å².